The van der Waals surface area contributed by atoms with E-state index in [1.165, 1.54) is 23.9 Å². The van der Waals surface area contributed by atoms with Crippen LogP contribution in [0.1, 0.15) is 29.8 Å². The van der Waals surface area contributed by atoms with Crippen LogP contribution in [0.3, 0.4) is 0 Å². The number of nitrogens with zero attached hydrogens (tertiary/aromatic N) is 2. The second kappa shape index (κ2) is 12.5. The van der Waals surface area contributed by atoms with Crippen molar-refractivity contribution >= 4 is 61.8 Å². The summed E-state index contributed by atoms with van der Waals surface area (Å²) in [4.78, 5) is 29.0. The Kier molecular flexibility index (Phi) is 10.5. The van der Waals surface area contributed by atoms with E-state index in [4.69, 9.17) is 28.4 Å². The molecule has 0 bridgehead atoms. The molecule has 0 saturated carbocycles. The predicted octanol–water partition coefficient (Wildman–Crippen LogP) is 3.88. The van der Waals surface area contributed by atoms with Crippen molar-refractivity contribution in [2.75, 3.05) is 27.2 Å². The Hall–Kier alpha value is -2.02. The smallest absolute Gasteiger partial charge is 0.294 e. The molecule has 2 aromatic carbocycles. The average Bonchev–Trinajstić information content (AvgIpc) is 2.76. The minimum atomic E-state index is -4.02. The highest BCUT2D eigenvalue weighted by molar-refractivity contribution is 8.24. The van der Waals surface area contributed by atoms with Crippen LogP contribution in [0.2, 0.25) is 5.02 Å². The van der Waals surface area contributed by atoms with E-state index < -0.39 is 20.9 Å². The number of carbonyl (C=O) groups is 2. The molecule has 3 rings (SSSR count). The molecule has 1 heterocycles. The topological polar surface area (TPSA) is 107 Å². The summed E-state index contributed by atoms with van der Waals surface area (Å²) in [5.41, 5.74) is 1.42. The van der Waals surface area contributed by atoms with Crippen LogP contribution in [0.4, 0.5) is 0 Å². The molecule has 2 N–H and O–H groups in total. The van der Waals surface area contributed by atoms with E-state index in [-0.39, 0.29) is 16.7 Å². The van der Waals surface area contributed by atoms with Crippen LogP contribution in [0.15, 0.2) is 53.4 Å². The first-order chi connectivity index (χ1) is 16.6. The molecule has 1 aliphatic heterocycles. The first-order valence-electron chi connectivity index (χ1n) is 10.9. The fraction of sp³-hybridized carbons (Fsp3) is 0.375. The van der Waals surface area contributed by atoms with Crippen LogP contribution in [-0.4, -0.2) is 76.9 Å². The van der Waals surface area contributed by atoms with Gasteiger partial charge in [0.05, 0.1) is 4.90 Å². The van der Waals surface area contributed by atoms with Crippen LogP contribution >= 0.6 is 35.6 Å². The number of aryl methyl sites for hydroxylation is 1. The number of thiocarbonyl (C=S) groups is 1. The van der Waals surface area contributed by atoms with Gasteiger partial charge in [-0.15, -0.1) is 0 Å². The fourth-order valence-electron chi connectivity index (χ4n) is 3.15. The summed E-state index contributed by atoms with van der Waals surface area (Å²) in [6.07, 6.45) is 0. The van der Waals surface area contributed by atoms with Gasteiger partial charge in [0, 0.05) is 28.4 Å². The van der Waals surface area contributed by atoms with Crippen molar-refractivity contribution in [1.29, 1.82) is 0 Å². The van der Waals surface area contributed by atoms with Crippen molar-refractivity contribution in [3.63, 3.8) is 0 Å². The summed E-state index contributed by atoms with van der Waals surface area (Å²) in [5.74, 6) is -0.470. The third-order valence-electron chi connectivity index (χ3n) is 5.25. The average molecular weight is 572 g/mol. The van der Waals surface area contributed by atoms with Crippen molar-refractivity contribution in [2.45, 2.75) is 36.5 Å². The molecule has 0 aliphatic carbocycles. The van der Waals surface area contributed by atoms with Crippen LogP contribution in [0.25, 0.3) is 0 Å². The number of rotatable bonds is 6. The summed E-state index contributed by atoms with van der Waals surface area (Å²) >= 11 is 12.7. The second-order valence-electron chi connectivity index (χ2n) is 8.97. The minimum absolute atomic E-state index is 0.0666. The van der Waals surface area contributed by atoms with Gasteiger partial charge in [0.15, 0.2) is 0 Å². The highest BCUT2D eigenvalue weighted by Gasteiger charge is 2.46. The van der Waals surface area contributed by atoms with E-state index in [1.54, 1.807) is 41.3 Å². The largest absolute Gasteiger partial charge is 0.339 e. The molecular weight excluding hydrogens is 542 g/mol. The Bertz CT molecular complexity index is 1200. The Labute approximate surface area is 227 Å². The van der Waals surface area contributed by atoms with E-state index in [0.29, 0.717) is 28.0 Å². The molecule has 0 radical (unpaired) electrons. The number of amides is 2. The van der Waals surface area contributed by atoms with Crippen LogP contribution in [0.5, 0.6) is 0 Å². The van der Waals surface area contributed by atoms with Crippen molar-refractivity contribution in [3.8, 4) is 0 Å². The molecule has 1 saturated heterocycles. The zero-order valence-electron chi connectivity index (χ0n) is 20.7. The molecule has 2 aromatic rings. The molecule has 36 heavy (non-hydrogen) atoms. The second-order valence-corrected chi connectivity index (χ2v) is 13.1. The summed E-state index contributed by atoms with van der Waals surface area (Å²) in [5, 5.41) is 3.42. The fourth-order valence-corrected chi connectivity index (χ4v) is 5.60. The molecule has 1 aliphatic rings. The normalized spacial score (nSPS) is 17.4. The molecule has 2 amide bonds. The Balaban J connectivity index is 0.000000346. The van der Waals surface area contributed by atoms with E-state index in [2.05, 4.69) is 5.32 Å². The van der Waals surface area contributed by atoms with Gasteiger partial charge in [0.1, 0.15) is 10.4 Å². The van der Waals surface area contributed by atoms with Gasteiger partial charge in [-0.3, -0.25) is 19.0 Å². The van der Waals surface area contributed by atoms with Gasteiger partial charge in [-0.2, -0.15) is 8.42 Å². The van der Waals surface area contributed by atoms with Gasteiger partial charge in [0.25, 0.3) is 21.9 Å². The quantitative estimate of drug-likeness (QED) is 0.397. The molecule has 196 valence electrons. The number of likely N-dealkylation sites (N-methyl/N-ethyl adjacent to an activating group) is 1. The highest BCUT2D eigenvalue weighted by atomic mass is 35.5. The van der Waals surface area contributed by atoms with Crippen molar-refractivity contribution in [2.24, 2.45) is 0 Å². The van der Waals surface area contributed by atoms with Gasteiger partial charge in [-0.1, -0.05) is 53.3 Å². The van der Waals surface area contributed by atoms with E-state index in [1.807, 2.05) is 39.8 Å². The third-order valence-corrected chi connectivity index (χ3v) is 8.00. The first-order valence-corrected chi connectivity index (χ1v) is 14.0. The number of carbonyl (C=O) groups excluding carboxylic acids is 2. The van der Waals surface area contributed by atoms with Gasteiger partial charge in [-0.25, -0.2) is 0 Å². The molecule has 1 atom stereocenters. The lowest BCUT2D eigenvalue weighted by Gasteiger charge is -2.42. The number of halogens is 1. The Morgan fingerprint density at radius 1 is 1.17 bits per heavy atom. The molecular formula is C24H30ClN3O5S3. The maximum atomic E-state index is 13.0. The van der Waals surface area contributed by atoms with Crippen LogP contribution in [0, 0.1) is 6.92 Å². The molecule has 1 fully saturated rings. The summed E-state index contributed by atoms with van der Waals surface area (Å²) < 4.78 is 29.6. The SMILES string of the molecule is CN(C)CCN1C(=O)C(NC(=O)c2ccc(Cl)cc2)C(C)(C)SC1=S.Cc1ccc(S(=O)(=O)O)cc1. The third kappa shape index (κ3) is 8.53. The number of hydrogen-bond acceptors (Lipinski definition) is 7. The summed E-state index contributed by atoms with van der Waals surface area (Å²) in [7, 11) is -0.142. The number of nitrogens with one attached hydrogen (secondary N) is 1. The van der Waals surface area contributed by atoms with Crippen molar-refractivity contribution in [3.05, 3.63) is 64.7 Å². The van der Waals surface area contributed by atoms with E-state index >= 15 is 0 Å². The Morgan fingerprint density at radius 3 is 2.22 bits per heavy atom. The molecule has 8 nitrogen and oxygen atoms in total. The zero-order valence-corrected chi connectivity index (χ0v) is 23.9. The molecule has 0 aromatic heterocycles. The lowest BCUT2D eigenvalue weighted by atomic mass is 10.0. The molecule has 1 unspecified atom stereocenters. The van der Waals surface area contributed by atoms with Crippen molar-refractivity contribution in [1.82, 2.24) is 15.1 Å². The maximum absolute atomic E-state index is 13.0. The molecule has 0 spiro atoms. The lowest BCUT2D eigenvalue weighted by Crippen LogP contribution is -2.62. The molecule has 12 heteroatoms. The number of benzene rings is 2. The Morgan fingerprint density at radius 2 is 1.72 bits per heavy atom. The van der Waals surface area contributed by atoms with Crippen LogP contribution < -0.4 is 5.32 Å². The summed E-state index contributed by atoms with van der Waals surface area (Å²) in [6.45, 7) is 6.87. The van der Waals surface area contributed by atoms with E-state index in [0.717, 1.165) is 5.56 Å². The minimum Gasteiger partial charge on any atom is -0.339 e. The predicted molar refractivity (Wildman–Crippen MR) is 148 cm³/mol. The standard InChI is InChI=1S/C17H22ClN3O2S2.C7H8O3S/c1-17(2)13(19-14(22)11-5-7-12(18)8-6-11)15(23)21(16(24)25-17)10-9-20(3)4;1-6-2-4-7(5-3-6)11(8,9)10/h5-8,13H,9-10H2,1-4H3,(H,19,22);2-5H,1H3,(H,8,9,10). The number of hydrogen-bond donors (Lipinski definition) is 2. The van der Waals surface area contributed by atoms with Gasteiger partial charge in [0.2, 0.25) is 0 Å². The highest BCUT2D eigenvalue weighted by Crippen LogP contribution is 2.36. The maximum Gasteiger partial charge on any atom is 0.294 e. The number of thioether (sulfide) groups is 1. The summed E-state index contributed by atoms with van der Waals surface area (Å²) in [6, 6.07) is 11.9. The zero-order chi connectivity index (χ0) is 27.3. The van der Waals surface area contributed by atoms with Gasteiger partial charge in [-0.05, 0) is 71.3 Å². The van der Waals surface area contributed by atoms with Crippen LogP contribution in [-0.2, 0) is 14.9 Å². The van der Waals surface area contributed by atoms with E-state index in [9.17, 15) is 18.0 Å². The van der Waals surface area contributed by atoms with Crippen molar-refractivity contribution < 1.29 is 22.6 Å². The first kappa shape index (κ1) is 30.2. The van der Waals surface area contributed by atoms with Gasteiger partial charge < -0.3 is 10.2 Å². The lowest BCUT2D eigenvalue weighted by molar-refractivity contribution is -0.130. The van der Waals surface area contributed by atoms with Gasteiger partial charge >= 0.3 is 0 Å². The monoisotopic (exact) mass is 571 g/mol.